The Hall–Kier alpha value is -1.40. The standard InChI is InChI=1S/C15H21NO4S/c1-4-5-11-8-13(21-10(11)2)14(17)16-6-7-20-12(9-16)15(18)19-3/h8,12H,4-7,9H2,1-3H3. The minimum absolute atomic E-state index is 0.0253. The Balaban J connectivity index is 2.08. The van der Waals surface area contributed by atoms with Crippen LogP contribution in [-0.2, 0) is 20.7 Å². The molecular formula is C15H21NO4S. The second-order valence-corrected chi connectivity index (χ2v) is 6.33. The zero-order valence-corrected chi connectivity index (χ0v) is 13.5. The Morgan fingerprint density at radius 3 is 2.95 bits per heavy atom. The Morgan fingerprint density at radius 1 is 1.52 bits per heavy atom. The zero-order valence-electron chi connectivity index (χ0n) is 12.7. The number of esters is 1. The van der Waals surface area contributed by atoms with Gasteiger partial charge in [-0.1, -0.05) is 13.3 Å². The summed E-state index contributed by atoms with van der Waals surface area (Å²) >= 11 is 1.52. The molecule has 1 aliphatic rings. The first-order valence-corrected chi connectivity index (χ1v) is 7.96. The van der Waals surface area contributed by atoms with Gasteiger partial charge in [-0.05, 0) is 25.0 Å². The molecular weight excluding hydrogens is 290 g/mol. The smallest absolute Gasteiger partial charge is 0.336 e. The van der Waals surface area contributed by atoms with Crippen molar-refractivity contribution >= 4 is 23.2 Å². The minimum Gasteiger partial charge on any atom is -0.467 e. The van der Waals surface area contributed by atoms with Crippen LogP contribution >= 0.6 is 11.3 Å². The van der Waals surface area contributed by atoms with Gasteiger partial charge < -0.3 is 14.4 Å². The van der Waals surface area contributed by atoms with Crippen molar-refractivity contribution in [2.45, 2.75) is 32.8 Å². The minimum atomic E-state index is -0.677. The van der Waals surface area contributed by atoms with Crippen LogP contribution in [0.3, 0.4) is 0 Å². The van der Waals surface area contributed by atoms with Crippen molar-refractivity contribution in [3.8, 4) is 0 Å². The molecule has 21 heavy (non-hydrogen) atoms. The highest BCUT2D eigenvalue weighted by molar-refractivity contribution is 7.14. The average Bonchev–Trinajstić information content (AvgIpc) is 2.87. The molecule has 0 radical (unpaired) electrons. The number of thiophene rings is 1. The topological polar surface area (TPSA) is 55.8 Å². The van der Waals surface area contributed by atoms with Crippen LogP contribution in [0, 0.1) is 6.92 Å². The number of aryl methyl sites for hydroxylation is 2. The van der Waals surface area contributed by atoms with E-state index in [9.17, 15) is 9.59 Å². The first-order chi connectivity index (χ1) is 10.1. The molecule has 0 aliphatic carbocycles. The highest BCUT2D eigenvalue weighted by atomic mass is 32.1. The molecule has 116 valence electrons. The van der Waals surface area contributed by atoms with E-state index in [1.54, 1.807) is 4.90 Å². The van der Waals surface area contributed by atoms with Crippen molar-refractivity contribution in [3.63, 3.8) is 0 Å². The SMILES string of the molecule is CCCc1cc(C(=O)N2CCOC(C(=O)OC)C2)sc1C. The number of rotatable bonds is 4. The van der Waals surface area contributed by atoms with Crippen LogP contribution in [0.15, 0.2) is 6.07 Å². The molecule has 0 spiro atoms. The lowest BCUT2D eigenvalue weighted by atomic mass is 10.1. The number of hydrogen-bond donors (Lipinski definition) is 0. The van der Waals surface area contributed by atoms with E-state index in [2.05, 4.69) is 11.7 Å². The summed E-state index contributed by atoms with van der Waals surface area (Å²) in [5.74, 6) is -0.454. The molecule has 1 amide bonds. The van der Waals surface area contributed by atoms with Crippen molar-refractivity contribution in [1.29, 1.82) is 0 Å². The lowest BCUT2D eigenvalue weighted by molar-refractivity contribution is -0.158. The molecule has 2 heterocycles. The van der Waals surface area contributed by atoms with Crippen LogP contribution in [0.5, 0.6) is 0 Å². The van der Waals surface area contributed by atoms with E-state index >= 15 is 0 Å². The predicted molar refractivity (Wildman–Crippen MR) is 80.7 cm³/mol. The number of ether oxygens (including phenoxy) is 2. The van der Waals surface area contributed by atoms with Crippen molar-refractivity contribution in [1.82, 2.24) is 4.90 Å². The number of amides is 1. The van der Waals surface area contributed by atoms with E-state index in [4.69, 9.17) is 4.74 Å². The molecule has 0 saturated carbocycles. The summed E-state index contributed by atoms with van der Waals surface area (Å²) in [6, 6.07) is 1.98. The van der Waals surface area contributed by atoms with Gasteiger partial charge in [-0.15, -0.1) is 11.3 Å². The fourth-order valence-corrected chi connectivity index (χ4v) is 3.45. The van der Waals surface area contributed by atoms with Gasteiger partial charge in [-0.3, -0.25) is 4.79 Å². The van der Waals surface area contributed by atoms with Crippen molar-refractivity contribution in [3.05, 3.63) is 21.4 Å². The van der Waals surface area contributed by atoms with Crippen LogP contribution in [0.1, 0.15) is 33.5 Å². The Labute approximate surface area is 128 Å². The van der Waals surface area contributed by atoms with Gasteiger partial charge >= 0.3 is 5.97 Å². The molecule has 0 N–H and O–H groups in total. The van der Waals surface area contributed by atoms with Gasteiger partial charge in [0.05, 0.1) is 25.1 Å². The molecule has 1 aliphatic heterocycles. The van der Waals surface area contributed by atoms with E-state index in [-0.39, 0.29) is 12.5 Å². The van der Waals surface area contributed by atoms with Gasteiger partial charge in [0.25, 0.3) is 5.91 Å². The second kappa shape index (κ2) is 7.04. The quantitative estimate of drug-likeness (QED) is 0.798. The van der Waals surface area contributed by atoms with Crippen LogP contribution < -0.4 is 0 Å². The third kappa shape index (κ3) is 3.63. The van der Waals surface area contributed by atoms with E-state index in [1.165, 1.54) is 28.9 Å². The molecule has 1 saturated heterocycles. The van der Waals surface area contributed by atoms with E-state index in [1.807, 2.05) is 13.0 Å². The number of carbonyl (C=O) groups excluding carboxylic acids is 2. The average molecular weight is 311 g/mol. The number of hydrogen-bond acceptors (Lipinski definition) is 5. The van der Waals surface area contributed by atoms with Crippen molar-refractivity contribution in [2.75, 3.05) is 26.8 Å². The maximum absolute atomic E-state index is 12.6. The normalized spacial score (nSPS) is 18.6. The molecule has 5 nitrogen and oxygen atoms in total. The molecule has 1 atom stereocenters. The number of methoxy groups -OCH3 is 1. The fourth-order valence-electron chi connectivity index (χ4n) is 2.41. The Kier molecular flexibility index (Phi) is 5.36. The number of morpholine rings is 1. The van der Waals surface area contributed by atoms with Crippen molar-refractivity contribution < 1.29 is 19.1 Å². The lowest BCUT2D eigenvalue weighted by Crippen LogP contribution is -2.48. The first kappa shape index (κ1) is 16.0. The molecule has 0 bridgehead atoms. The fraction of sp³-hybridized carbons (Fsp3) is 0.600. The van der Waals surface area contributed by atoms with Gasteiger partial charge in [0.2, 0.25) is 0 Å². The lowest BCUT2D eigenvalue weighted by Gasteiger charge is -2.31. The maximum Gasteiger partial charge on any atom is 0.336 e. The van der Waals surface area contributed by atoms with E-state index < -0.39 is 12.1 Å². The zero-order chi connectivity index (χ0) is 15.4. The molecule has 1 unspecified atom stereocenters. The number of nitrogens with zero attached hydrogens (tertiary/aromatic N) is 1. The van der Waals surface area contributed by atoms with Crippen molar-refractivity contribution in [2.24, 2.45) is 0 Å². The summed E-state index contributed by atoms with van der Waals surface area (Å²) in [5, 5.41) is 0. The van der Waals surface area contributed by atoms with E-state index in [0.717, 1.165) is 17.7 Å². The van der Waals surface area contributed by atoms with E-state index in [0.29, 0.717) is 13.2 Å². The highest BCUT2D eigenvalue weighted by Gasteiger charge is 2.31. The van der Waals surface area contributed by atoms with Gasteiger partial charge in [0, 0.05) is 11.4 Å². The summed E-state index contributed by atoms with van der Waals surface area (Å²) in [5.41, 5.74) is 1.24. The third-order valence-electron chi connectivity index (χ3n) is 3.57. The van der Waals surface area contributed by atoms with Crippen LogP contribution in [0.4, 0.5) is 0 Å². The summed E-state index contributed by atoms with van der Waals surface area (Å²) in [6.45, 7) is 5.29. The summed E-state index contributed by atoms with van der Waals surface area (Å²) < 4.78 is 10.0. The predicted octanol–water partition coefficient (Wildman–Crippen LogP) is 2.02. The van der Waals surface area contributed by atoms with Gasteiger partial charge in [-0.25, -0.2) is 4.79 Å². The monoisotopic (exact) mass is 311 g/mol. The molecule has 0 aromatic carbocycles. The molecule has 6 heteroatoms. The Bertz CT molecular complexity index is 526. The third-order valence-corrected chi connectivity index (χ3v) is 4.65. The molecule has 1 fully saturated rings. The summed E-state index contributed by atoms with van der Waals surface area (Å²) in [4.78, 5) is 27.7. The number of carbonyl (C=O) groups is 2. The molecule has 2 rings (SSSR count). The second-order valence-electron chi connectivity index (χ2n) is 5.08. The van der Waals surface area contributed by atoms with Crippen LogP contribution in [-0.4, -0.2) is 49.7 Å². The van der Waals surface area contributed by atoms with Gasteiger partial charge in [0.1, 0.15) is 0 Å². The first-order valence-electron chi connectivity index (χ1n) is 7.14. The highest BCUT2D eigenvalue weighted by Crippen LogP contribution is 2.25. The largest absolute Gasteiger partial charge is 0.467 e. The Morgan fingerprint density at radius 2 is 2.29 bits per heavy atom. The molecule has 1 aromatic heterocycles. The van der Waals surface area contributed by atoms with Gasteiger partial charge in [0.15, 0.2) is 6.10 Å². The van der Waals surface area contributed by atoms with Crippen LogP contribution in [0.25, 0.3) is 0 Å². The summed E-state index contributed by atoms with van der Waals surface area (Å²) in [6.07, 6.45) is 1.38. The maximum atomic E-state index is 12.6. The molecule has 1 aromatic rings. The summed E-state index contributed by atoms with van der Waals surface area (Å²) in [7, 11) is 1.33. The van der Waals surface area contributed by atoms with Gasteiger partial charge in [-0.2, -0.15) is 0 Å². The van der Waals surface area contributed by atoms with Crippen LogP contribution in [0.2, 0.25) is 0 Å².